The summed E-state index contributed by atoms with van der Waals surface area (Å²) in [7, 11) is -5.65. The lowest BCUT2D eigenvalue weighted by Crippen LogP contribution is -2.30. The largest absolute Gasteiger partial charge is 0.516 e. The van der Waals surface area contributed by atoms with E-state index < -0.39 is 21.4 Å². The predicted octanol–water partition coefficient (Wildman–Crippen LogP) is 5.91. The third-order valence-corrected chi connectivity index (χ3v) is 8.23. The van der Waals surface area contributed by atoms with Gasteiger partial charge in [-0.25, -0.2) is 4.98 Å². The van der Waals surface area contributed by atoms with Gasteiger partial charge >= 0.3 is 15.5 Å². The molecule has 0 bridgehead atoms. The number of imidazole rings is 1. The molecule has 8 nitrogen and oxygen atoms in total. The number of carbonyl (C=O) groups excluding carboxylic acids is 1. The Balaban J connectivity index is 1.62. The molecule has 1 saturated carbocycles. The Bertz CT molecular complexity index is 1670. The van der Waals surface area contributed by atoms with Gasteiger partial charge in [-0.15, -0.1) is 0 Å². The number of amides is 1. The van der Waals surface area contributed by atoms with Crippen LogP contribution >= 0.6 is 15.9 Å². The summed E-state index contributed by atoms with van der Waals surface area (Å²) in [5.41, 5.74) is 2.33. The van der Waals surface area contributed by atoms with Crippen LogP contribution in [0.3, 0.4) is 0 Å². The Labute approximate surface area is 224 Å². The number of benzene rings is 2. The highest BCUT2D eigenvalue weighted by Gasteiger charge is 2.46. The highest BCUT2D eigenvalue weighted by atomic mass is 79.9. The van der Waals surface area contributed by atoms with Gasteiger partial charge in [0.1, 0.15) is 17.1 Å². The fourth-order valence-corrected chi connectivity index (χ4v) is 5.82. The summed E-state index contributed by atoms with van der Waals surface area (Å²) >= 11 is 3.52. The van der Waals surface area contributed by atoms with Crippen LogP contribution in [0, 0.1) is 0 Å². The fourth-order valence-electron chi connectivity index (χ4n) is 4.49. The summed E-state index contributed by atoms with van der Waals surface area (Å²) in [6.45, 7) is 2.18. The van der Waals surface area contributed by atoms with E-state index in [-0.39, 0.29) is 29.5 Å². The normalized spacial score (nSPS) is 14.2. The molecule has 2 aromatic heterocycles. The zero-order valence-electron chi connectivity index (χ0n) is 20.0. The van der Waals surface area contributed by atoms with Crippen molar-refractivity contribution in [3.05, 3.63) is 69.7 Å². The Morgan fingerprint density at radius 3 is 2.55 bits per heavy atom. The molecule has 38 heavy (non-hydrogen) atoms. The first-order valence-electron chi connectivity index (χ1n) is 11.7. The zero-order valence-corrected chi connectivity index (χ0v) is 22.4. The molecular weight excluding hydrogens is 594 g/mol. The van der Waals surface area contributed by atoms with Gasteiger partial charge in [-0.05, 0) is 52.5 Å². The van der Waals surface area contributed by atoms with Gasteiger partial charge in [0.2, 0.25) is 0 Å². The topological polar surface area (TPSA) is 120 Å². The number of rotatable bonds is 8. The van der Waals surface area contributed by atoms with Crippen LogP contribution in [0.2, 0.25) is 0 Å². The highest BCUT2D eigenvalue weighted by Crippen LogP contribution is 2.44. The summed E-state index contributed by atoms with van der Waals surface area (Å²) < 4.78 is 72.6. The van der Waals surface area contributed by atoms with Crippen LogP contribution in [0.25, 0.3) is 22.3 Å². The SMILES string of the molecule is [13CH3][13CH2][13c]1[15n]c(C2CC2)c(C(N)=O)[15n]1Cc1cccc2oc(-c3ccccc3NS(=O)(=O)C(F)(F)F)c(Br)c12. The van der Waals surface area contributed by atoms with E-state index in [0.29, 0.717) is 39.1 Å². The minimum Gasteiger partial charge on any atom is -0.455 e. The lowest BCUT2D eigenvalue weighted by atomic mass is 10.1. The minimum atomic E-state index is -5.65. The Hall–Kier alpha value is -3.32. The molecular formula is C25H22BrF3N4O4S. The predicted molar refractivity (Wildman–Crippen MR) is 139 cm³/mol. The molecule has 0 saturated heterocycles. The van der Waals surface area contributed by atoms with Crippen molar-refractivity contribution in [2.24, 2.45) is 5.73 Å². The van der Waals surface area contributed by atoms with Gasteiger partial charge in [-0.2, -0.15) is 21.6 Å². The van der Waals surface area contributed by atoms with Crippen molar-refractivity contribution >= 4 is 48.5 Å². The molecule has 1 amide bonds. The maximum absolute atomic E-state index is 13.0. The number of nitrogens with two attached hydrogens (primary N) is 1. The van der Waals surface area contributed by atoms with Crippen molar-refractivity contribution in [1.29, 1.82) is 0 Å². The Kier molecular flexibility index (Phi) is 6.54. The first-order valence-corrected chi connectivity index (χ1v) is 14.0. The number of halogens is 4. The van der Waals surface area contributed by atoms with Gasteiger partial charge in [0.15, 0.2) is 5.76 Å². The number of nitrogens with one attached hydrogen (secondary N) is 1. The number of nitrogens with zero attached hydrogens (tertiary/aromatic N) is 2. The molecule has 200 valence electrons. The molecule has 1 aliphatic rings. The summed E-state index contributed by atoms with van der Waals surface area (Å²) in [5.74, 6) is 0.501. The van der Waals surface area contributed by atoms with E-state index in [1.807, 2.05) is 13.0 Å². The molecule has 0 atom stereocenters. The van der Waals surface area contributed by atoms with Crippen LogP contribution in [-0.4, -0.2) is 29.4 Å². The average molecular weight is 616 g/mol. The van der Waals surface area contributed by atoms with Crippen LogP contribution in [-0.2, 0) is 23.0 Å². The van der Waals surface area contributed by atoms with E-state index in [2.05, 4.69) is 15.9 Å². The molecule has 3 N–H and O–H groups in total. The quantitative estimate of drug-likeness (QED) is 0.239. The number of anilines is 1. The fraction of sp³-hybridized carbons (Fsp3) is 0.280. The summed E-state index contributed by atoms with van der Waals surface area (Å²) in [6.07, 6.45) is 2.47. The van der Waals surface area contributed by atoms with Gasteiger partial charge < -0.3 is 14.7 Å². The van der Waals surface area contributed by atoms with Crippen LogP contribution in [0.1, 0.15) is 53.3 Å². The van der Waals surface area contributed by atoms with E-state index in [4.69, 9.17) is 15.1 Å². The highest BCUT2D eigenvalue weighted by molar-refractivity contribution is 9.10. The second-order valence-corrected chi connectivity index (χ2v) is 11.4. The van der Waals surface area contributed by atoms with E-state index in [1.54, 1.807) is 27.5 Å². The number of alkyl halides is 3. The zero-order chi connectivity index (χ0) is 27.4. The second-order valence-electron chi connectivity index (χ2n) is 8.97. The monoisotopic (exact) mass is 615 g/mol. The van der Waals surface area contributed by atoms with E-state index >= 15 is 0 Å². The maximum atomic E-state index is 13.0. The molecule has 2 aromatic carbocycles. The molecule has 4 aromatic rings. The minimum absolute atomic E-state index is 0.111. The van der Waals surface area contributed by atoms with E-state index in [0.717, 1.165) is 18.4 Å². The van der Waals surface area contributed by atoms with Gasteiger partial charge in [0.05, 0.1) is 22.4 Å². The first kappa shape index (κ1) is 26.3. The molecule has 5 rings (SSSR count). The number of primary amides is 1. The van der Waals surface area contributed by atoms with Gasteiger partial charge in [-0.3, -0.25) is 9.52 Å². The number of hydrogen-bond acceptors (Lipinski definition) is 5. The van der Waals surface area contributed by atoms with Crippen molar-refractivity contribution < 1.29 is 30.8 Å². The molecule has 0 unspecified atom stereocenters. The Morgan fingerprint density at radius 1 is 1.21 bits per heavy atom. The lowest BCUT2D eigenvalue weighted by molar-refractivity contribution is -0.0429. The van der Waals surface area contributed by atoms with Crippen LogP contribution < -0.4 is 10.5 Å². The smallest absolute Gasteiger partial charge is 0.455 e. The first-order chi connectivity index (χ1) is 17.9. The molecule has 2 heterocycles. The number of fused-ring (bicyclic) bond motifs is 1. The number of para-hydroxylation sites is 1. The van der Waals surface area contributed by atoms with Gasteiger partial charge in [0, 0.05) is 23.3 Å². The second kappa shape index (κ2) is 9.45. The molecule has 0 radical (unpaired) electrons. The number of aromatic nitrogens is 2. The van der Waals surface area contributed by atoms with Crippen LogP contribution in [0.4, 0.5) is 18.9 Å². The van der Waals surface area contributed by atoms with E-state index in [9.17, 15) is 26.4 Å². The molecule has 0 aliphatic heterocycles. The van der Waals surface area contributed by atoms with Crippen molar-refractivity contribution in [3.8, 4) is 11.3 Å². The summed E-state index contributed by atoms with van der Waals surface area (Å²) in [4.78, 5) is 17.1. The summed E-state index contributed by atoms with van der Waals surface area (Å²) in [6, 6.07) is 10.9. The van der Waals surface area contributed by atoms with Crippen molar-refractivity contribution in [1.82, 2.24) is 9.55 Å². The third kappa shape index (κ3) is 4.57. The standard InChI is InChI=1S/C25H22BrF3N4O4S/c1-2-18-31-21(13-10-11-13)22(24(30)34)33(18)12-14-6-5-9-17-19(14)20(26)23(37-17)15-7-3-4-8-16(15)32-38(35,36)25(27,28)29/h3-9,13,32H,2,10-12H2,1H3,(H2,30,34)/i1+1,2+1,18+1,31+1,33+1. The Morgan fingerprint density at radius 2 is 1.92 bits per heavy atom. The molecule has 1 fully saturated rings. The van der Waals surface area contributed by atoms with Crippen LogP contribution in [0.15, 0.2) is 51.4 Å². The molecule has 1 aliphatic carbocycles. The van der Waals surface area contributed by atoms with Gasteiger partial charge in [0.25, 0.3) is 5.91 Å². The number of carbonyl (C=O) groups is 1. The third-order valence-electron chi connectivity index (χ3n) is 6.38. The number of sulfonamides is 1. The average Bonchev–Trinajstić information content (AvgIpc) is 3.55. The van der Waals surface area contributed by atoms with Crippen molar-refractivity contribution in [3.63, 3.8) is 0 Å². The number of furan rings is 1. The maximum Gasteiger partial charge on any atom is 0.516 e. The van der Waals surface area contributed by atoms with Gasteiger partial charge in [-0.1, -0.05) is 31.2 Å². The lowest BCUT2D eigenvalue weighted by Gasteiger charge is -2.13. The molecule has 13 heteroatoms. The summed E-state index contributed by atoms with van der Waals surface area (Å²) in [5, 5.41) is 0.620. The van der Waals surface area contributed by atoms with Crippen molar-refractivity contribution in [2.45, 2.75) is 44.2 Å². The number of aryl methyl sites for hydroxylation is 1. The number of hydrogen-bond donors (Lipinski definition) is 2. The van der Waals surface area contributed by atoms with Crippen molar-refractivity contribution in [2.75, 3.05) is 4.72 Å². The molecule has 0 spiro atoms. The van der Waals surface area contributed by atoms with Crippen LogP contribution in [0.5, 0.6) is 0 Å². The van der Waals surface area contributed by atoms with E-state index in [1.165, 1.54) is 18.2 Å².